The van der Waals surface area contributed by atoms with Crippen LogP contribution in [0.3, 0.4) is 0 Å². The maximum absolute atomic E-state index is 6.97. The molecule has 0 unspecified atom stereocenters. The first-order chi connectivity index (χ1) is 14.5. The summed E-state index contributed by atoms with van der Waals surface area (Å²) in [6, 6.07) is 21.5. The standard InChI is InChI=1S/C25H38O4Si/c1-6-22(28-20-19-27-18-17-26-5)21-29-30(25(2,3)4,23-13-9-7-10-14-23)24-15-11-8-12-16-24/h7-16,22H,6,17-21H2,1-5H3/t22-/m0/s1. The lowest BCUT2D eigenvalue weighted by Crippen LogP contribution is -2.67. The molecular weight excluding hydrogens is 392 g/mol. The van der Waals surface area contributed by atoms with Crippen molar-refractivity contribution in [2.45, 2.75) is 45.3 Å². The van der Waals surface area contributed by atoms with E-state index in [-0.39, 0.29) is 11.1 Å². The molecule has 0 spiro atoms. The van der Waals surface area contributed by atoms with E-state index in [1.165, 1.54) is 10.4 Å². The van der Waals surface area contributed by atoms with Gasteiger partial charge in [0.25, 0.3) is 8.32 Å². The van der Waals surface area contributed by atoms with Crippen LogP contribution in [-0.2, 0) is 18.6 Å². The fourth-order valence-corrected chi connectivity index (χ4v) is 8.37. The number of hydrogen-bond acceptors (Lipinski definition) is 4. The third-order valence-corrected chi connectivity index (χ3v) is 10.4. The zero-order chi connectivity index (χ0) is 21.9. The third-order valence-electron chi connectivity index (χ3n) is 5.37. The van der Waals surface area contributed by atoms with Gasteiger partial charge in [-0.15, -0.1) is 0 Å². The molecule has 2 aromatic rings. The van der Waals surface area contributed by atoms with Crippen LogP contribution in [0.25, 0.3) is 0 Å². The Labute approximate surface area is 183 Å². The molecule has 4 nitrogen and oxygen atoms in total. The summed E-state index contributed by atoms with van der Waals surface area (Å²) in [7, 11) is -0.846. The lowest BCUT2D eigenvalue weighted by atomic mass is 10.2. The molecule has 2 rings (SSSR count). The van der Waals surface area contributed by atoms with E-state index in [0.29, 0.717) is 33.0 Å². The molecule has 0 fully saturated rings. The normalized spacial score (nSPS) is 13.4. The van der Waals surface area contributed by atoms with Crippen molar-refractivity contribution >= 4 is 18.7 Å². The first-order valence-electron chi connectivity index (χ1n) is 10.9. The maximum Gasteiger partial charge on any atom is 0.261 e. The van der Waals surface area contributed by atoms with Gasteiger partial charge in [0.05, 0.1) is 39.1 Å². The molecule has 5 heteroatoms. The highest BCUT2D eigenvalue weighted by Crippen LogP contribution is 2.36. The highest BCUT2D eigenvalue weighted by Gasteiger charge is 2.50. The highest BCUT2D eigenvalue weighted by atomic mass is 28.4. The Hall–Kier alpha value is -1.50. The Morgan fingerprint density at radius 1 is 0.800 bits per heavy atom. The number of methoxy groups -OCH3 is 1. The van der Waals surface area contributed by atoms with Crippen LogP contribution < -0.4 is 10.4 Å². The minimum absolute atomic E-state index is 0.0305. The van der Waals surface area contributed by atoms with Crippen LogP contribution in [-0.4, -0.2) is 54.6 Å². The van der Waals surface area contributed by atoms with E-state index in [1.54, 1.807) is 7.11 Å². The molecule has 30 heavy (non-hydrogen) atoms. The van der Waals surface area contributed by atoms with E-state index in [0.717, 1.165) is 6.42 Å². The summed E-state index contributed by atoms with van der Waals surface area (Å²) in [5.41, 5.74) is 0. The molecule has 0 saturated carbocycles. The molecule has 0 N–H and O–H groups in total. The zero-order valence-corrected chi connectivity index (χ0v) is 20.2. The van der Waals surface area contributed by atoms with Crippen LogP contribution in [0.15, 0.2) is 60.7 Å². The minimum atomic E-state index is -2.52. The lowest BCUT2D eigenvalue weighted by Gasteiger charge is -2.43. The molecule has 2 aromatic carbocycles. The quantitative estimate of drug-likeness (QED) is 0.355. The van der Waals surface area contributed by atoms with Crippen molar-refractivity contribution in [2.24, 2.45) is 0 Å². The number of hydrogen-bond donors (Lipinski definition) is 0. The molecule has 0 aliphatic heterocycles. The maximum atomic E-state index is 6.97. The van der Waals surface area contributed by atoms with Crippen molar-refractivity contribution in [3.8, 4) is 0 Å². The minimum Gasteiger partial charge on any atom is -0.405 e. The summed E-state index contributed by atoms with van der Waals surface area (Å²) >= 11 is 0. The van der Waals surface area contributed by atoms with Crippen LogP contribution in [0.2, 0.25) is 5.04 Å². The van der Waals surface area contributed by atoms with E-state index in [4.69, 9.17) is 18.6 Å². The second-order valence-corrected chi connectivity index (χ2v) is 12.8. The van der Waals surface area contributed by atoms with E-state index in [1.807, 2.05) is 0 Å². The smallest absolute Gasteiger partial charge is 0.261 e. The molecule has 0 saturated heterocycles. The number of ether oxygens (including phenoxy) is 3. The second kappa shape index (κ2) is 12.4. The fraction of sp³-hybridized carbons (Fsp3) is 0.520. The van der Waals surface area contributed by atoms with Crippen LogP contribution in [0.1, 0.15) is 34.1 Å². The number of benzene rings is 2. The zero-order valence-electron chi connectivity index (χ0n) is 19.2. The van der Waals surface area contributed by atoms with Gasteiger partial charge < -0.3 is 18.6 Å². The van der Waals surface area contributed by atoms with Gasteiger partial charge in [0.2, 0.25) is 0 Å². The van der Waals surface area contributed by atoms with Gasteiger partial charge in [-0.25, -0.2) is 0 Å². The molecule has 1 atom stereocenters. The fourth-order valence-electron chi connectivity index (χ4n) is 3.78. The molecule has 0 radical (unpaired) electrons. The summed E-state index contributed by atoms with van der Waals surface area (Å²) < 4.78 is 23.6. The molecule has 0 amide bonds. The van der Waals surface area contributed by atoms with Gasteiger partial charge in [-0.2, -0.15) is 0 Å². The summed E-state index contributed by atoms with van der Waals surface area (Å²) in [4.78, 5) is 0. The van der Waals surface area contributed by atoms with Crippen molar-refractivity contribution in [2.75, 3.05) is 40.1 Å². The highest BCUT2D eigenvalue weighted by molar-refractivity contribution is 6.99. The van der Waals surface area contributed by atoms with E-state index in [2.05, 4.69) is 88.4 Å². The van der Waals surface area contributed by atoms with Gasteiger partial charge in [-0.3, -0.25) is 0 Å². The summed E-state index contributed by atoms with van der Waals surface area (Å²) in [5.74, 6) is 0. The first-order valence-corrected chi connectivity index (χ1v) is 12.8. The average Bonchev–Trinajstić information content (AvgIpc) is 2.75. The van der Waals surface area contributed by atoms with Crippen LogP contribution in [0.4, 0.5) is 0 Å². The Kier molecular flexibility index (Phi) is 10.2. The van der Waals surface area contributed by atoms with Crippen LogP contribution >= 0.6 is 0 Å². The second-order valence-electron chi connectivity index (χ2n) is 8.48. The topological polar surface area (TPSA) is 36.9 Å². The molecule has 0 aliphatic carbocycles. The van der Waals surface area contributed by atoms with Gasteiger partial charge in [-0.05, 0) is 21.8 Å². The van der Waals surface area contributed by atoms with Crippen molar-refractivity contribution in [1.82, 2.24) is 0 Å². The Morgan fingerprint density at radius 2 is 1.33 bits per heavy atom. The van der Waals surface area contributed by atoms with E-state index >= 15 is 0 Å². The van der Waals surface area contributed by atoms with Gasteiger partial charge in [0.15, 0.2) is 0 Å². The van der Waals surface area contributed by atoms with Crippen molar-refractivity contribution in [1.29, 1.82) is 0 Å². The third kappa shape index (κ3) is 6.50. The average molecular weight is 431 g/mol. The van der Waals surface area contributed by atoms with Crippen molar-refractivity contribution in [3.63, 3.8) is 0 Å². The summed E-state index contributed by atoms with van der Waals surface area (Å²) in [5, 5.41) is 2.56. The predicted octanol–water partition coefficient (Wildman–Crippen LogP) is 4.02. The van der Waals surface area contributed by atoms with Crippen molar-refractivity contribution < 1.29 is 18.6 Å². The Balaban J connectivity index is 2.19. The number of rotatable bonds is 13. The Morgan fingerprint density at radius 3 is 1.80 bits per heavy atom. The summed E-state index contributed by atoms with van der Waals surface area (Å²) in [6.45, 7) is 11.9. The largest absolute Gasteiger partial charge is 0.405 e. The van der Waals surface area contributed by atoms with E-state index in [9.17, 15) is 0 Å². The monoisotopic (exact) mass is 430 g/mol. The van der Waals surface area contributed by atoms with E-state index < -0.39 is 8.32 Å². The van der Waals surface area contributed by atoms with Crippen molar-refractivity contribution in [3.05, 3.63) is 60.7 Å². The Bertz CT molecular complexity index is 661. The first kappa shape index (κ1) is 24.8. The molecular formula is C25H38O4Si. The lowest BCUT2D eigenvalue weighted by molar-refractivity contribution is -0.0241. The van der Waals surface area contributed by atoms with Gasteiger partial charge in [-0.1, -0.05) is 88.4 Å². The summed E-state index contributed by atoms with van der Waals surface area (Å²) in [6.07, 6.45) is 0.939. The predicted molar refractivity (Wildman–Crippen MR) is 126 cm³/mol. The molecule has 0 aliphatic rings. The molecule has 0 heterocycles. The SMILES string of the molecule is CC[C@@H](CO[Si](c1ccccc1)(c1ccccc1)C(C)(C)C)OCCOCCOC. The molecule has 166 valence electrons. The molecule has 0 bridgehead atoms. The van der Waals surface area contributed by atoms with Gasteiger partial charge >= 0.3 is 0 Å². The van der Waals surface area contributed by atoms with Crippen LogP contribution in [0, 0.1) is 0 Å². The molecule has 0 aromatic heterocycles. The van der Waals surface area contributed by atoms with Gasteiger partial charge in [0, 0.05) is 7.11 Å². The van der Waals surface area contributed by atoms with Gasteiger partial charge in [0.1, 0.15) is 0 Å². The van der Waals surface area contributed by atoms with Crippen LogP contribution in [0.5, 0.6) is 0 Å².